The van der Waals surface area contributed by atoms with E-state index in [0.29, 0.717) is 19.3 Å². The zero-order valence-corrected chi connectivity index (χ0v) is 12.9. The molecule has 1 atom stereocenters. The van der Waals surface area contributed by atoms with E-state index >= 15 is 0 Å². The third-order valence-corrected chi connectivity index (χ3v) is 4.19. The van der Waals surface area contributed by atoms with Crippen molar-refractivity contribution in [3.8, 4) is 11.3 Å². The molecule has 0 fully saturated rings. The summed E-state index contributed by atoms with van der Waals surface area (Å²) in [6.07, 6.45) is -3.38. The summed E-state index contributed by atoms with van der Waals surface area (Å²) in [4.78, 5) is 17.3. The molecule has 2 aromatic rings. The summed E-state index contributed by atoms with van der Waals surface area (Å²) in [5.74, 6) is -0.864. The van der Waals surface area contributed by atoms with Crippen LogP contribution in [0.2, 0.25) is 0 Å². The summed E-state index contributed by atoms with van der Waals surface area (Å²) in [5.41, 5.74) is -1.61. The number of benzene rings is 1. The molecule has 1 aromatic heterocycles. The van der Waals surface area contributed by atoms with Gasteiger partial charge in [-0.1, -0.05) is 30.3 Å². The Labute approximate surface area is 136 Å². The van der Waals surface area contributed by atoms with Crippen LogP contribution in [0.25, 0.3) is 11.3 Å². The van der Waals surface area contributed by atoms with Gasteiger partial charge in [-0.25, -0.2) is 4.98 Å². The molecule has 2 heterocycles. The van der Waals surface area contributed by atoms with E-state index in [1.165, 1.54) is 0 Å². The first-order valence-electron chi connectivity index (χ1n) is 7.40. The fraction of sp³-hybridized carbons (Fsp3) is 0.375. The van der Waals surface area contributed by atoms with Gasteiger partial charge in [-0.2, -0.15) is 13.2 Å². The van der Waals surface area contributed by atoms with Crippen LogP contribution < -0.4 is 0 Å². The van der Waals surface area contributed by atoms with Crippen molar-refractivity contribution in [1.29, 1.82) is 0 Å². The van der Waals surface area contributed by atoms with E-state index < -0.39 is 17.7 Å². The van der Waals surface area contributed by atoms with Gasteiger partial charge in [0.1, 0.15) is 5.82 Å². The predicted octanol–water partition coefficient (Wildman–Crippen LogP) is 2.21. The van der Waals surface area contributed by atoms with Crippen LogP contribution >= 0.6 is 0 Å². The SMILES string of the molecule is C[C@@](O)(C(=O)N1CCn2c(-c3ccccc3)cnc2C1)C(F)(F)F. The number of carbonyl (C=O) groups is 1. The van der Waals surface area contributed by atoms with Crippen molar-refractivity contribution in [2.45, 2.75) is 31.8 Å². The molecule has 0 spiro atoms. The van der Waals surface area contributed by atoms with E-state index in [9.17, 15) is 23.1 Å². The number of amides is 1. The Kier molecular flexibility index (Phi) is 3.87. The van der Waals surface area contributed by atoms with Crippen molar-refractivity contribution >= 4 is 5.91 Å². The third-order valence-electron chi connectivity index (χ3n) is 4.19. The second kappa shape index (κ2) is 5.62. The van der Waals surface area contributed by atoms with Gasteiger partial charge in [-0.15, -0.1) is 0 Å². The Morgan fingerprint density at radius 2 is 1.88 bits per heavy atom. The van der Waals surface area contributed by atoms with Crippen molar-refractivity contribution in [3.05, 3.63) is 42.4 Å². The first-order chi connectivity index (χ1) is 11.2. The van der Waals surface area contributed by atoms with Crippen LogP contribution in [0, 0.1) is 0 Å². The molecule has 0 radical (unpaired) electrons. The summed E-state index contributed by atoms with van der Waals surface area (Å²) < 4.78 is 40.4. The second-order valence-electron chi connectivity index (χ2n) is 5.87. The molecule has 0 unspecified atom stereocenters. The van der Waals surface area contributed by atoms with Gasteiger partial charge in [0.15, 0.2) is 0 Å². The van der Waals surface area contributed by atoms with Gasteiger partial charge < -0.3 is 14.6 Å². The van der Waals surface area contributed by atoms with E-state index in [1.54, 1.807) is 6.20 Å². The molecule has 1 amide bonds. The first-order valence-corrected chi connectivity index (χ1v) is 7.40. The smallest absolute Gasteiger partial charge is 0.373 e. The van der Waals surface area contributed by atoms with Crippen LogP contribution in [-0.4, -0.2) is 43.8 Å². The molecule has 1 aliphatic heterocycles. The lowest BCUT2D eigenvalue weighted by Gasteiger charge is -2.34. The fourth-order valence-corrected chi connectivity index (χ4v) is 2.70. The number of aliphatic hydroxyl groups is 1. The molecule has 1 aliphatic rings. The van der Waals surface area contributed by atoms with Crippen LogP contribution in [-0.2, 0) is 17.9 Å². The molecule has 1 N–H and O–H groups in total. The van der Waals surface area contributed by atoms with Crippen molar-refractivity contribution in [3.63, 3.8) is 0 Å². The lowest BCUT2D eigenvalue weighted by molar-refractivity contribution is -0.250. The standard InChI is InChI=1S/C16H16F3N3O2/c1-15(24,16(17,18)19)14(23)21-7-8-22-12(9-20-13(22)10-21)11-5-3-2-4-6-11/h2-6,9,24H,7-8,10H2,1H3/t15-/m1/s1. The summed E-state index contributed by atoms with van der Waals surface area (Å²) in [6, 6.07) is 9.48. The Balaban J connectivity index is 1.84. The molecule has 0 saturated carbocycles. The molecule has 3 rings (SSSR count). The molecule has 128 valence electrons. The number of nitrogens with zero attached hydrogens (tertiary/aromatic N) is 3. The number of rotatable bonds is 2. The highest BCUT2D eigenvalue weighted by molar-refractivity contribution is 5.85. The number of fused-ring (bicyclic) bond motifs is 1. The quantitative estimate of drug-likeness (QED) is 0.913. The van der Waals surface area contributed by atoms with Crippen LogP contribution in [0.4, 0.5) is 13.2 Å². The van der Waals surface area contributed by atoms with Gasteiger partial charge in [-0.3, -0.25) is 4.79 Å². The van der Waals surface area contributed by atoms with Crippen molar-refractivity contribution < 1.29 is 23.1 Å². The number of halogens is 3. The van der Waals surface area contributed by atoms with Crippen LogP contribution in [0.3, 0.4) is 0 Å². The van der Waals surface area contributed by atoms with Crippen molar-refractivity contribution in [2.24, 2.45) is 0 Å². The van der Waals surface area contributed by atoms with Crippen LogP contribution in [0.1, 0.15) is 12.7 Å². The Hall–Kier alpha value is -2.35. The molecular weight excluding hydrogens is 323 g/mol. The highest BCUT2D eigenvalue weighted by atomic mass is 19.4. The third kappa shape index (κ3) is 2.66. The number of aromatic nitrogens is 2. The van der Waals surface area contributed by atoms with E-state index in [1.807, 2.05) is 34.9 Å². The number of imidazole rings is 1. The predicted molar refractivity (Wildman–Crippen MR) is 79.8 cm³/mol. The molecule has 24 heavy (non-hydrogen) atoms. The highest BCUT2D eigenvalue weighted by Gasteiger charge is 2.57. The minimum absolute atomic E-state index is 0.0715. The van der Waals surface area contributed by atoms with E-state index in [2.05, 4.69) is 4.98 Å². The summed E-state index contributed by atoms with van der Waals surface area (Å²) >= 11 is 0. The molecule has 0 saturated heterocycles. The maximum absolute atomic E-state index is 12.8. The number of carbonyl (C=O) groups excluding carboxylic acids is 1. The average molecular weight is 339 g/mol. The largest absolute Gasteiger partial charge is 0.426 e. The molecule has 8 heteroatoms. The molecule has 0 bridgehead atoms. The van der Waals surface area contributed by atoms with Crippen LogP contribution in [0.5, 0.6) is 0 Å². The summed E-state index contributed by atoms with van der Waals surface area (Å²) in [7, 11) is 0. The number of hydrogen-bond donors (Lipinski definition) is 1. The molecule has 0 aliphatic carbocycles. The highest BCUT2D eigenvalue weighted by Crippen LogP contribution is 2.33. The molecular formula is C16H16F3N3O2. The van der Waals surface area contributed by atoms with Gasteiger partial charge in [-0.05, 0) is 12.5 Å². The lowest BCUT2D eigenvalue weighted by atomic mass is 10.0. The van der Waals surface area contributed by atoms with Gasteiger partial charge in [0.2, 0.25) is 5.60 Å². The Morgan fingerprint density at radius 3 is 2.50 bits per heavy atom. The average Bonchev–Trinajstić information content (AvgIpc) is 2.97. The first kappa shape index (κ1) is 16.5. The number of alkyl halides is 3. The summed E-state index contributed by atoms with van der Waals surface area (Å²) in [5, 5.41) is 9.56. The Morgan fingerprint density at radius 1 is 1.21 bits per heavy atom. The van der Waals surface area contributed by atoms with Crippen molar-refractivity contribution in [1.82, 2.24) is 14.5 Å². The zero-order chi connectivity index (χ0) is 17.5. The lowest BCUT2D eigenvalue weighted by Crippen LogP contribution is -2.57. The monoisotopic (exact) mass is 339 g/mol. The molecule has 1 aromatic carbocycles. The maximum Gasteiger partial charge on any atom is 0.426 e. The Bertz CT molecular complexity index is 754. The van der Waals surface area contributed by atoms with E-state index in [-0.39, 0.29) is 13.1 Å². The van der Waals surface area contributed by atoms with Crippen molar-refractivity contribution in [2.75, 3.05) is 6.54 Å². The molecule has 5 nitrogen and oxygen atoms in total. The van der Waals surface area contributed by atoms with E-state index in [0.717, 1.165) is 16.2 Å². The van der Waals surface area contributed by atoms with Crippen LogP contribution in [0.15, 0.2) is 36.5 Å². The minimum atomic E-state index is -5.02. The number of hydrogen-bond acceptors (Lipinski definition) is 3. The van der Waals surface area contributed by atoms with Gasteiger partial charge in [0.25, 0.3) is 5.91 Å². The minimum Gasteiger partial charge on any atom is -0.373 e. The topological polar surface area (TPSA) is 58.4 Å². The van der Waals surface area contributed by atoms with Gasteiger partial charge in [0, 0.05) is 13.1 Å². The van der Waals surface area contributed by atoms with Gasteiger partial charge in [0.05, 0.1) is 18.4 Å². The maximum atomic E-state index is 12.8. The fourth-order valence-electron chi connectivity index (χ4n) is 2.70. The summed E-state index contributed by atoms with van der Waals surface area (Å²) in [6.45, 7) is 0.803. The van der Waals surface area contributed by atoms with E-state index in [4.69, 9.17) is 0 Å². The van der Waals surface area contributed by atoms with Gasteiger partial charge >= 0.3 is 6.18 Å². The zero-order valence-electron chi connectivity index (χ0n) is 12.9. The normalized spacial score (nSPS) is 17.3. The second-order valence-corrected chi connectivity index (χ2v) is 5.87.